The molecule has 0 spiro atoms. The molecule has 0 aliphatic carbocycles. The molecule has 0 fully saturated rings. The van der Waals surface area contributed by atoms with E-state index in [1.165, 1.54) is 6.07 Å². The molecule has 0 bridgehead atoms. The number of aromatic nitrogens is 1. The van der Waals surface area contributed by atoms with Crippen LogP contribution in [0.2, 0.25) is 0 Å². The zero-order valence-electron chi connectivity index (χ0n) is 8.41. The Labute approximate surface area is 94.0 Å². The standard InChI is InChI=1S/C11H5N3O3/c15-7-4-6-5(2-1-3-12-6)8-9(7)14-11(17)10(16)13-8/h1-4,15H. The fourth-order valence-electron chi connectivity index (χ4n) is 1.70. The summed E-state index contributed by atoms with van der Waals surface area (Å²) in [5.74, 6) is -2.12. The second-order valence-corrected chi connectivity index (χ2v) is 3.50. The molecule has 6 heteroatoms. The quantitative estimate of drug-likeness (QED) is 0.599. The number of hydrogen-bond acceptors (Lipinski definition) is 4. The number of aromatic hydroxyl groups is 1. The fraction of sp³-hybridized carbons (Fsp3) is 0. The maximum absolute atomic E-state index is 11.2. The third-order valence-corrected chi connectivity index (χ3v) is 2.44. The van der Waals surface area contributed by atoms with Crippen LogP contribution in [0, 0.1) is 0 Å². The van der Waals surface area contributed by atoms with Crippen LogP contribution >= 0.6 is 0 Å². The lowest BCUT2D eigenvalue weighted by Gasteiger charge is -2.03. The summed E-state index contributed by atoms with van der Waals surface area (Å²) in [6, 6.07) is 4.76. The molecule has 6 nitrogen and oxygen atoms in total. The van der Waals surface area contributed by atoms with E-state index in [2.05, 4.69) is 15.0 Å². The fourth-order valence-corrected chi connectivity index (χ4v) is 1.70. The number of phenolic OH excluding ortho intramolecular Hbond substituents is 1. The highest BCUT2D eigenvalue weighted by atomic mass is 16.3. The van der Waals surface area contributed by atoms with Crippen molar-refractivity contribution in [3.8, 4) is 5.75 Å². The van der Waals surface area contributed by atoms with Crippen molar-refractivity contribution >= 4 is 22.7 Å². The molecule has 0 radical (unpaired) electrons. The summed E-state index contributed by atoms with van der Waals surface area (Å²) in [4.78, 5) is 33.5. The number of phenols is 1. The van der Waals surface area contributed by atoms with Crippen LogP contribution in [0.4, 0.5) is 0 Å². The van der Waals surface area contributed by atoms with Gasteiger partial charge in [0.1, 0.15) is 16.5 Å². The highest BCUT2D eigenvalue weighted by Crippen LogP contribution is 2.10. The van der Waals surface area contributed by atoms with E-state index < -0.39 is 11.8 Å². The van der Waals surface area contributed by atoms with Crippen LogP contribution in [0.5, 0.6) is 5.75 Å². The van der Waals surface area contributed by atoms with Crippen LogP contribution in [0.1, 0.15) is 0 Å². The lowest BCUT2D eigenvalue weighted by Crippen LogP contribution is -2.35. The minimum atomic E-state index is -0.976. The number of nitrogens with zero attached hydrogens (tertiary/aromatic N) is 3. The number of fused-ring (bicyclic) bond motifs is 3. The van der Waals surface area contributed by atoms with Gasteiger partial charge in [-0.15, -0.1) is 0 Å². The van der Waals surface area contributed by atoms with Gasteiger partial charge in [-0.25, -0.2) is 4.99 Å². The third kappa shape index (κ3) is 1.31. The van der Waals surface area contributed by atoms with Gasteiger partial charge in [-0.05, 0) is 12.1 Å². The molecular formula is C11H5N3O3. The highest BCUT2D eigenvalue weighted by molar-refractivity contribution is 6.36. The number of carbonyl (C=O) groups excluding carboxylic acids is 2. The van der Waals surface area contributed by atoms with Gasteiger partial charge in [0.2, 0.25) is 0 Å². The number of rotatable bonds is 0. The summed E-state index contributed by atoms with van der Waals surface area (Å²) in [7, 11) is 0. The Morgan fingerprint density at radius 2 is 1.76 bits per heavy atom. The zero-order valence-corrected chi connectivity index (χ0v) is 8.41. The number of pyridine rings is 1. The van der Waals surface area contributed by atoms with E-state index in [0.29, 0.717) is 10.9 Å². The van der Waals surface area contributed by atoms with Crippen LogP contribution in [-0.2, 0) is 9.59 Å². The molecule has 82 valence electrons. The summed E-state index contributed by atoms with van der Waals surface area (Å²) in [6.45, 7) is 0. The van der Waals surface area contributed by atoms with E-state index in [1.54, 1.807) is 18.3 Å². The molecule has 0 atom stereocenters. The average molecular weight is 227 g/mol. The smallest absolute Gasteiger partial charge is 0.338 e. The summed E-state index contributed by atoms with van der Waals surface area (Å²) in [5.41, 5.74) is 0.491. The summed E-state index contributed by atoms with van der Waals surface area (Å²) in [6.07, 6.45) is 1.56. The number of hydrogen-bond donors (Lipinski definition) is 1. The van der Waals surface area contributed by atoms with Gasteiger partial charge < -0.3 is 5.11 Å². The Morgan fingerprint density at radius 1 is 1.06 bits per heavy atom. The van der Waals surface area contributed by atoms with Crippen molar-refractivity contribution in [2.45, 2.75) is 0 Å². The van der Waals surface area contributed by atoms with Gasteiger partial charge in [0.05, 0.1) is 5.52 Å². The average Bonchev–Trinajstić information content (AvgIpc) is 2.32. The molecule has 0 saturated heterocycles. The molecule has 0 unspecified atom stereocenters. The Bertz CT molecular complexity index is 795. The van der Waals surface area contributed by atoms with Crippen molar-refractivity contribution < 1.29 is 14.7 Å². The van der Waals surface area contributed by atoms with Gasteiger partial charge in [-0.2, -0.15) is 4.99 Å². The minimum Gasteiger partial charge on any atom is -0.506 e. The number of benzene rings is 1. The van der Waals surface area contributed by atoms with Crippen LogP contribution in [0.15, 0.2) is 34.4 Å². The molecule has 1 aliphatic rings. The molecule has 2 heterocycles. The van der Waals surface area contributed by atoms with Crippen molar-refractivity contribution in [1.82, 2.24) is 4.98 Å². The van der Waals surface area contributed by atoms with Crippen LogP contribution in [0.3, 0.4) is 0 Å². The highest BCUT2D eigenvalue weighted by Gasteiger charge is 2.18. The molecular weight excluding hydrogens is 222 g/mol. The summed E-state index contributed by atoms with van der Waals surface area (Å²) < 4.78 is 0. The van der Waals surface area contributed by atoms with Crippen molar-refractivity contribution in [3.05, 3.63) is 35.1 Å². The van der Waals surface area contributed by atoms with E-state index in [1.807, 2.05) is 0 Å². The molecule has 1 aromatic heterocycles. The van der Waals surface area contributed by atoms with Gasteiger partial charge in [0.25, 0.3) is 0 Å². The predicted molar refractivity (Wildman–Crippen MR) is 55.7 cm³/mol. The van der Waals surface area contributed by atoms with E-state index in [9.17, 15) is 14.7 Å². The maximum atomic E-state index is 11.2. The Morgan fingerprint density at radius 3 is 2.53 bits per heavy atom. The lowest BCUT2D eigenvalue weighted by atomic mass is 10.1. The van der Waals surface area contributed by atoms with Gasteiger partial charge in [0, 0.05) is 17.6 Å². The van der Waals surface area contributed by atoms with Gasteiger partial charge in [-0.1, -0.05) is 0 Å². The van der Waals surface area contributed by atoms with Gasteiger partial charge >= 0.3 is 11.8 Å². The Hall–Kier alpha value is -2.63. The Kier molecular flexibility index (Phi) is 1.79. The SMILES string of the molecule is O=C1N=c2c(O)cc3ncccc3c2=NC1=O. The van der Waals surface area contributed by atoms with Crippen molar-refractivity contribution in [1.29, 1.82) is 0 Å². The van der Waals surface area contributed by atoms with E-state index in [-0.39, 0.29) is 16.5 Å². The summed E-state index contributed by atoms with van der Waals surface area (Å²) in [5, 5.41) is 10.5. The normalized spacial score (nSPS) is 14.1. The number of amides is 2. The second kappa shape index (κ2) is 3.18. The molecule has 3 rings (SSSR count). The van der Waals surface area contributed by atoms with Crippen LogP contribution < -0.4 is 10.7 Å². The molecule has 17 heavy (non-hydrogen) atoms. The summed E-state index contributed by atoms with van der Waals surface area (Å²) >= 11 is 0. The number of carbonyl (C=O) groups is 2. The molecule has 1 aliphatic heterocycles. The van der Waals surface area contributed by atoms with Crippen molar-refractivity contribution in [3.63, 3.8) is 0 Å². The molecule has 2 aromatic rings. The zero-order chi connectivity index (χ0) is 12.0. The van der Waals surface area contributed by atoms with Crippen LogP contribution in [0.25, 0.3) is 10.9 Å². The van der Waals surface area contributed by atoms with E-state index in [0.717, 1.165) is 0 Å². The lowest BCUT2D eigenvalue weighted by molar-refractivity contribution is -0.135. The van der Waals surface area contributed by atoms with Crippen LogP contribution in [-0.4, -0.2) is 21.9 Å². The van der Waals surface area contributed by atoms with Gasteiger partial charge in [0.15, 0.2) is 0 Å². The van der Waals surface area contributed by atoms with Gasteiger partial charge in [-0.3, -0.25) is 14.6 Å². The molecule has 0 saturated carbocycles. The molecule has 1 N–H and O–H groups in total. The van der Waals surface area contributed by atoms with E-state index in [4.69, 9.17) is 0 Å². The first kappa shape index (κ1) is 9.59. The first-order valence-corrected chi connectivity index (χ1v) is 4.79. The van der Waals surface area contributed by atoms with E-state index >= 15 is 0 Å². The second-order valence-electron chi connectivity index (χ2n) is 3.50. The predicted octanol–water partition coefficient (Wildman–Crippen LogP) is -0.754. The molecule has 2 amide bonds. The first-order valence-electron chi connectivity index (χ1n) is 4.79. The third-order valence-electron chi connectivity index (χ3n) is 2.44. The first-order chi connectivity index (χ1) is 8.16. The topological polar surface area (TPSA) is 92.0 Å². The molecule has 1 aromatic carbocycles. The monoisotopic (exact) mass is 227 g/mol. The largest absolute Gasteiger partial charge is 0.506 e. The maximum Gasteiger partial charge on any atom is 0.338 e. The Balaban J connectivity index is 2.63. The van der Waals surface area contributed by atoms with Crippen molar-refractivity contribution in [2.24, 2.45) is 9.98 Å². The van der Waals surface area contributed by atoms with Crippen molar-refractivity contribution in [2.75, 3.05) is 0 Å². The minimum absolute atomic E-state index is 0.0232.